The number of hydrogen-bond donors (Lipinski definition) is 2. The van der Waals surface area contributed by atoms with Crippen LogP contribution in [0.5, 0.6) is 0 Å². The number of unbranched alkanes of at least 4 members (excludes halogenated alkanes) is 1. The molecule has 3 heterocycles. The molecular formula is C21H22N6O4S. The molecule has 0 aliphatic heterocycles. The fraction of sp³-hybridized carbons (Fsp3) is 0.286. The molecule has 0 fully saturated rings. The smallest absolute Gasteiger partial charge is 0.321 e. The number of carbonyl (C=O) groups is 2. The maximum absolute atomic E-state index is 13.0. The number of imide groups is 1. The van der Waals surface area contributed by atoms with Crippen LogP contribution in [0, 0.1) is 0 Å². The third-order valence-corrected chi connectivity index (χ3v) is 5.73. The molecule has 0 atom stereocenters. The Bertz CT molecular complexity index is 1310. The van der Waals surface area contributed by atoms with Gasteiger partial charge in [-0.15, -0.1) is 10.2 Å². The third kappa shape index (κ3) is 4.52. The Kier molecular flexibility index (Phi) is 6.55. The molecule has 10 nitrogen and oxygen atoms in total. The summed E-state index contributed by atoms with van der Waals surface area (Å²) in [5, 5.41) is 14.3. The molecule has 3 amide bonds. The Balaban J connectivity index is 1.51. The van der Waals surface area contributed by atoms with E-state index in [0.717, 1.165) is 24.6 Å². The van der Waals surface area contributed by atoms with E-state index in [4.69, 9.17) is 4.42 Å². The number of hydrogen-bond acceptors (Lipinski definition) is 7. The van der Waals surface area contributed by atoms with E-state index in [1.807, 2.05) is 18.2 Å². The summed E-state index contributed by atoms with van der Waals surface area (Å²) in [5.74, 6) is 0.489. The van der Waals surface area contributed by atoms with Crippen molar-refractivity contribution in [1.82, 2.24) is 29.8 Å². The standard InChI is InChI=1S/C21H22N6O4S/c1-2-3-10-26-18(29)15-8-4-5-9-16(15)27-20(26)24-25-21(27)32-13-17(28)23-19(30)22-12-14-7-6-11-31-14/h4-9,11H,2-3,10,12-13H2,1H3,(H2,22,23,28,30). The minimum absolute atomic E-state index is 0.0443. The van der Waals surface area contributed by atoms with Crippen molar-refractivity contribution in [1.29, 1.82) is 0 Å². The van der Waals surface area contributed by atoms with Crippen LogP contribution in [-0.4, -0.2) is 36.9 Å². The average Bonchev–Trinajstić information content (AvgIpc) is 3.46. The molecule has 0 spiro atoms. The van der Waals surface area contributed by atoms with E-state index in [1.165, 1.54) is 6.26 Å². The predicted octanol–water partition coefficient (Wildman–Crippen LogP) is 2.56. The van der Waals surface area contributed by atoms with Crippen LogP contribution >= 0.6 is 11.8 Å². The highest BCUT2D eigenvalue weighted by atomic mass is 32.2. The molecule has 0 saturated carbocycles. The van der Waals surface area contributed by atoms with Crippen molar-refractivity contribution >= 4 is 40.4 Å². The quantitative estimate of drug-likeness (QED) is 0.392. The average molecular weight is 455 g/mol. The van der Waals surface area contributed by atoms with Crippen LogP contribution in [-0.2, 0) is 17.9 Å². The molecule has 32 heavy (non-hydrogen) atoms. The van der Waals surface area contributed by atoms with Gasteiger partial charge in [-0.05, 0) is 30.7 Å². The number of aryl methyl sites for hydroxylation is 1. The topological polar surface area (TPSA) is 124 Å². The van der Waals surface area contributed by atoms with Gasteiger partial charge in [0.15, 0.2) is 5.16 Å². The van der Waals surface area contributed by atoms with Gasteiger partial charge < -0.3 is 9.73 Å². The first-order chi connectivity index (χ1) is 15.6. The van der Waals surface area contributed by atoms with Crippen LogP contribution in [0.25, 0.3) is 16.7 Å². The number of nitrogens with one attached hydrogen (secondary N) is 2. The minimum atomic E-state index is -0.614. The van der Waals surface area contributed by atoms with Crippen LogP contribution in [0.4, 0.5) is 4.79 Å². The first-order valence-corrected chi connectivity index (χ1v) is 11.2. The Hall–Kier alpha value is -3.60. The van der Waals surface area contributed by atoms with Crippen LogP contribution < -0.4 is 16.2 Å². The largest absolute Gasteiger partial charge is 0.467 e. The number of rotatable bonds is 8. The van der Waals surface area contributed by atoms with Crippen LogP contribution in [0.1, 0.15) is 25.5 Å². The lowest BCUT2D eigenvalue weighted by atomic mass is 10.2. The molecule has 4 rings (SSSR count). The number of amides is 3. The fourth-order valence-electron chi connectivity index (χ4n) is 3.26. The van der Waals surface area contributed by atoms with Crippen LogP contribution in [0.2, 0.25) is 0 Å². The second-order valence-corrected chi connectivity index (χ2v) is 7.99. The molecule has 0 unspecified atom stereocenters. The summed E-state index contributed by atoms with van der Waals surface area (Å²) in [6.45, 7) is 2.76. The number of benzene rings is 1. The van der Waals surface area contributed by atoms with Gasteiger partial charge in [-0.1, -0.05) is 37.2 Å². The van der Waals surface area contributed by atoms with Crippen molar-refractivity contribution in [2.45, 2.75) is 38.0 Å². The number of furan rings is 1. The molecule has 2 N–H and O–H groups in total. The Labute approximate surface area is 187 Å². The van der Waals surface area contributed by atoms with Crippen LogP contribution in [0.3, 0.4) is 0 Å². The van der Waals surface area contributed by atoms with Gasteiger partial charge in [0.25, 0.3) is 5.56 Å². The van der Waals surface area contributed by atoms with Gasteiger partial charge in [-0.2, -0.15) is 0 Å². The van der Waals surface area contributed by atoms with Gasteiger partial charge in [0.2, 0.25) is 11.7 Å². The first kappa shape index (κ1) is 21.6. The van der Waals surface area contributed by atoms with Crippen molar-refractivity contribution in [3.8, 4) is 0 Å². The van der Waals surface area contributed by atoms with Crippen molar-refractivity contribution in [2.24, 2.45) is 0 Å². The normalized spacial score (nSPS) is 11.2. The lowest BCUT2D eigenvalue weighted by Gasteiger charge is -2.10. The van der Waals surface area contributed by atoms with E-state index >= 15 is 0 Å². The zero-order chi connectivity index (χ0) is 22.5. The van der Waals surface area contributed by atoms with E-state index in [9.17, 15) is 14.4 Å². The van der Waals surface area contributed by atoms with Gasteiger partial charge in [0.05, 0.1) is 29.5 Å². The Morgan fingerprint density at radius 1 is 1.16 bits per heavy atom. The van der Waals surface area contributed by atoms with E-state index in [-0.39, 0.29) is 17.9 Å². The third-order valence-electron chi connectivity index (χ3n) is 4.80. The molecule has 1 aromatic carbocycles. The highest BCUT2D eigenvalue weighted by Crippen LogP contribution is 2.21. The first-order valence-electron chi connectivity index (χ1n) is 10.2. The zero-order valence-electron chi connectivity index (χ0n) is 17.4. The van der Waals surface area contributed by atoms with Crippen LogP contribution in [0.15, 0.2) is 57.0 Å². The minimum Gasteiger partial charge on any atom is -0.467 e. The molecule has 4 aromatic rings. The zero-order valence-corrected chi connectivity index (χ0v) is 18.2. The summed E-state index contributed by atoms with van der Waals surface area (Å²) in [7, 11) is 0. The number of thioether (sulfide) groups is 1. The molecule has 11 heteroatoms. The van der Waals surface area contributed by atoms with Crippen molar-refractivity contribution in [3.63, 3.8) is 0 Å². The number of aromatic nitrogens is 4. The van der Waals surface area contributed by atoms with Gasteiger partial charge in [0.1, 0.15) is 5.76 Å². The maximum atomic E-state index is 13.0. The molecule has 3 aromatic heterocycles. The molecule has 0 aliphatic rings. The van der Waals surface area contributed by atoms with Crippen molar-refractivity contribution < 1.29 is 14.0 Å². The Morgan fingerprint density at radius 2 is 2.00 bits per heavy atom. The number of nitrogens with zero attached hydrogens (tertiary/aromatic N) is 4. The second kappa shape index (κ2) is 9.69. The van der Waals surface area contributed by atoms with Gasteiger partial charge in [0, 0.05) is 6.54 Å². The van der Waals surface area contributed by atoms with Gasteiger partial charge in [-0.3, -0.25) is 23.9 Å². The van der Waals surface area contributed by atoms with Crippen molar-refractivity contribution in [2.75, 3.05) is 5.75 Å². The molecular weight excluding hydrogens is 432 g/mol. The maximum Gasteiger partial charge on any atom is 0.321 e. The highest BCUT2D eigenvalue weighted by molar-refractivity contribution is 7.99. The molecule has 0 saturated heterocycles. The lowest BCUT2D eigenvalue weighted by Crippen LogP contribution is -2.39. The number of fused-ring (bicyclic) bond motifs is 3. The summed E-state index contributed by atoms with van der Waals surface area (Å²) in [6.07, 6.45) is 3.27. The number of urea groups is 1. The van der Waals surface area contributed by atoms with Crippen molar-refractivity contribution in [3.05, 3.63) is 58.8 Å². The van der Waals surface area contributed by atoms with Gasteiger partial charge >= 0.3 is 6.03 Å². The second-order valence-electron chi connectivity index (χ2n) is 7.04. The molecule has 0 aliphatic carbocycles. The summed E-state index contributed by atoms with van der Waals surface area (Å²) in [4.78, 5) is 37.1. The number of carbonyl (C=O) groups excluding carboxylic acids is 2. The SMILES string of the molecule is CCCCn1c(=O)c2ccccc2n2c(SCC(=O)NC(=O)NCc3ccco3)nnc12. The monoisotopic (exact) mass is 454 g/mol. The Morgan fingerprint density at radius 3 is 2.78 bits per heavy atom. The van der Waals surface area contributed by atoms with E-state index < -0.39 is 11.9 Å². The predicted molar refractivity (Wildman–Crippen MR) is 119 cm³/mol. The highest BCUT2D eigenvalue weighted by Gasteiger charge is 2.18. The summed E-state index contributed by atoms with van der Waals surface area (Å²) < 4.78 is 8.53. The summed E-state index contributed by atoms with van der Waals surface area (Å²) >= 11 is 1.14. The van der Waals surface area contributed by atoms with E-state index in [1.54, 1.807) is 27.2 Å². The van der Waals surface area contributed by atoms with E-state index in [0.29, 0.717) is 34.1 Å². The summed E-state index contributed by atoms with van der Waals surface area (Å²) in [6, 6.07) is 10.1. The number of para-hydroxylation sites is 1. The van der Waals surface area contributed by atoms with Gasteiger partial charge in [-0.25, -0.2) is 4.79 Å². The molecule has 0 radical (unpaired) electrons. The van der Waals surface area contributed by atoms with E-state index in [2.05, 4.69) is 27.8 Å². The summed E-state index contributed by atoms with van der Waals surface area (Å²) in [5.41, 5.74) is 0.556. The lowest BCUT2D eigenvalue weighted by molar-refractivity contribution is -0.117. The fourth-order valence-corrected chi connectivity index (χ4v) is 4.00. The molecule has 166 valence electrons. The molecule has 0 bridgehead atoms.